The predicted octanol–water partition coefficient (Wildman–Crippen LogP) is 3.71. The first-order chi connectivity index (χ1) is 4.62. The first-order valence-electron chi connectivity index (χ1n) is 3.90. The van der Waals surface area contributed by atoms with Crippen LogP contribution in [-0.4, -0.2) is 12.3 Å². The Balaban J connectivity index is 3.53. The van der Waals surface area contributed by atoms with Crippen LogP contribution in [0.25, 0.3) is 0 Å². The first kappa shape index (κ1) is 10.5. The molecule has 0 amide bonds. The molecule has 0 spiro atoms. The summed E-state index contributed by atoms with van der Waals surface area (Å²) >= 11 is 5.77. The van der Waals surface area contributed by atoms with Crippen molar-refractivity contribution in [1.29, 1.82) is 0 Å². The van der Waals surface area contributed by atoms with Crippen LogP contribution in [0.15, 0.2) is 0 Å². The molecule has 0 aromatic rings. The molecule has 62 valence electrons. The molecule has 0 fully saturated rings. The molecule has 0 radical (unpaired) electrons. The molecule has 0 saturated heterocycles. The van der Waals surface area contributed by atoms with Gasteiger partial charge in [-0.25, -0.2) is 0 Å². The summed E-state index contributed by atoms with van der Waals surface area (Å²) in [5, 5.41) is 0. The van der Waals surface area contributed by atoms with E-state index in [1.807, 2.05) is 6.92 Å². The van der Waals surface area contributed by atoms with Crippen molar-refractivity contribution < 1.29 is 4.57 Å². The summed E-state index contributed by atoms with van der Waals surface area (Å²) in [6.45, 7) is 1.86. The Morgan fingerprint density at radius 2 is 1.80 bits per heavy atom. The topological polar surface area (TPSA) is 17.1 Å². The van der Waals surface area contributed by atoms with Crippen LogP contribution < -0.4 is 0 Å². The molecular formula is C7H16ClOP. The summed E-state index contributed by atoms with van der Waals surface area (Å²) < 4.78 is 11.3. The molecule has 0 aliphatic carbocycles. The highest BCUT2D eigenvalue weighted by atomic mass is 35.7. The predicted molar refractivity (Wildman–Crippen MR) is 48.4 cm³/mol. The van der Waals surface area contributed by atoms with Gasteiger partial charge in [-0.15, -0.1) is 0 Å². The van der Waals surface area contributed by atoms with Crippen molar-refractivity contribution in [2.24, 2.45) is 0 Å². The molecule has 0 aliphatic heterocycles. The average Bonchev–Trinajstić information content (AvgIpc) is 1.84. The second-order valence-corrected chi connectivity index (χ2v) is 6.91. The summed E-state index contributed by atoms with van der Waals surface area (Å²) in [4.78, 5) is 0. The summed E-state index contributed by atoms with van der Waals surface area (Å²) in [5.74, 6) is 0. The van der Waals surface area contributed by atoms with Gasteiger partial charge in [-0.2, -0.15) is 0 Å². The Bertz CT molecular complexity index is 125. The highest BCUT2D eigenvalue weighted by Gasteiger charge is 2.14. The monoisotopic (exact) mass is 182 g/mol. The van der Waals surface area contributed by atoms with Crippen LogP contribution >= 0.6 is 17.7 Å². The largest absolute Gasteiger partial charge is 0.307 e. The SMILES string of the molecule is CCCCP(=O)(Cl)CCC. The van der Waals surface area contributed by atoms with Gasteiger partial charge in [0.1, 0.15) is 0 Å². The van der Waals surface area contributed by atoms with Crippen LogP contribution in [0.5, 0.6) is 0 Å². The van der Waals surface area contributed by atoms with E-state index in [1.54, 1.807) is 0 Å². The molecule has 0 aromatic heterocycles. The van der Waals surface area contributed by atoms with E-state index in [-0.39, 0.29) is 0 Å². The fourth-order valence-electron chi connectivity index (χ4n) is 0.840. The Kier molecular flexibility index (Phi) is 5.48. The number of hydrogen-bond donors (Lipinski definition) is 0. The van der Waals surface area contributed by atoms with E-state index in [1.165, 1.54) is 0 Å². The van der Waals surface area contributed by atoms with Crippen molar-refractivity contribution >= 4 is 17.7 Å². The number of rotatable bonds is 5. The van der Waals surface area contributed by atoms with Gasteiger partial charge in [0.25, 0.3) is 0 Å². The molecule has 10 heavy (non-hydrogen) atoms. The van der Waals surface area contributed by atoms with Gasteiger partial charge in [0.2, 0.25) is 0 Å². The Labute approximate surface area is 68.3 Å². The molecule has 0 aromatic carbocycles. The summed E-state index contributed by atoms with van der Waals surface area (Å²) in [6.07, 6.45) is 4.44. The zero-order valence-electron chi connectivity index (χ0n) is 6.77. The minimum atomic E-state index is -2.24. The Hall–Kier alpha value is 0.520. The number of halogens is 1. The Morgan fingerprint density at radius 1 is 1.20 bits per heavy atom. The lowest BCUT2D eigenvalue weighted by molar-refractivity contribution is 0.581. The third-order valence-electron chi connectivity index (χ3n) is 1.40. The standard InChI is InChI=1S/C7H16ClOP/c1-3-5-7-10(8,9)6-4-2/h3-7H2,1-2H3. The minimum absolute atomic E-state index is 0.703. The van der Waals surface area contributed by atoms with Crippen molar-refractivity contribution in [3.63, 3.8) is 0 Å². The minimum Gasteiger partial charge on any atom is -0.307 e. The maximum atomic E-state index is 11.3. The molecule has 0 N–H and O–H groups in total. The maximum absolute atomic E-state index is 11.3. The summed E-state index contributed by atoms with van der Waals surface area (Å²) in [7, 11) is 0. The molecule has 3 heteroatoms. The van der Waals surface area contributed by atoms with Crippen molar-refractivity contribution in [2.45, 2.75) is 33.1 Å². The van der Waals surface area contributed by atoms with Crippen LogP contribution in [0.3, 0.4) is 0 Å². The van der Waals surface area contributed by atoms with Crippen LogP contribution in [0.4, 0.5) is 0 Å². The van der Waals surface area contributed by atoms with Gasteiger partial charge in [-0.05, 0) is 12.8 Å². The molecule has 0 rings (SSSR count). The van der Waals surface area contributed by atoms with Crippen molar-refractivity contribution in [3.8, 4) is 0 Å². The van der Waals surface area contributed by atoms with Crippen molar-refractivity contribution in [2.75, 3.05) is 12.3 Å². The third-order valence-corrected chi connectivity index (χ3v) is 4.52. The number of hydrogen-bond acceptors (Lipinski definition) is 1. The Morgan fingerprint density at radius 3 is 2.20 bits per heavy atom. The van der Waals surface area contributed by atoms with Gasteiger partial charge in [0, 0.05) is 12.3 Å². The zero-order chi connectivity index (χ0) is 8.04. The van der Waals surface area contributed by atoms with Gasteiger partial charge in [-0.1, -0.05) is 31.5 Å². The maximum Gasteiger partial charge on any atom is 0.169 e. The van der Waals surface area contributed by atoms with Crippen molar-refractivity contribution in [1.82, 2.24) is 0 Å². The lowest BCUT2D eigenvalue weighted by Gasteiger charge is -2.06. The van der Waals surface area contributed by atoms with Gasteiger partial charge in [0.15, 0.2) is 6.49 Å². The highest BCUT2D eigenvalue weighted by Crippen LogP contribution is 2.52. The molecule has 0 aliphatic rings. The van der Waals surface area contributed by atoms with Gasteiger partial charge in [-0.3, -0.25) is 0 Å². The zero-order valence-corrected chi connectivity index (χ0v) is 8.42. The average molecular weight is 183 g/mol. The first-order valence-corrected chi connectivity index (χ1v) is 6.88. The van der Waals surface area contributed by atoms with Crippen LogP contribution in [-0.2, 0) is 4.57 Å². The summed E-state index contributed by atoms with van der Waals surface area (Å²) in [5.41, 5.74) is 0. The highest BCUT2D eigenvalue weighted by molar-refractivity contribution is 7.89. The normalized spacial score (nSPS) is 16.7. The molecule has 1 atom stereocenters. The van der Waals surface area contributed by atoms with Gasteiger partial charge >= 0.3 is 0 Å². The lowest BCUT2D eigenvalue weighted by atomic mass is 10.4. The van der Waals surface area contributed by atoms with Crippen LogP contribution in [0.1, 0.15) is 33.1 Å². The van der Waals surface area contributed by atoms with E-state index in [4.69, 9.17) is 11.2 Å². The van der Waals surface area contributed by atoms with E-state index < -0.39 is 6.49 Å². The molecule has 0 saturated carbocycles. The van der Waals surface area contributed by atoms with E-state index in [0.717, 1.165) is 25.4 Å². The summed E-state index contributed by atoms with van der Waals surface area (Å²) in [6, 6.07) is 0. The van der Waals surface area contributed by atoms with Crippen molar-refractivity contribution in [3.05, 3.63) is 0 Å². The smallest absolute Gasteiger partial charge is 0.169 e. The van der Waals surface area contributed by atoms with E-state index in [0.29, 0.717) is 6.16 Å². The lowest BCUT2D eigenvalue weighted by Crippen LogP contribution is -1.87. The molecule has 0 bridgehead atoms. The fraction of sp³-hybridized carbons (Fsp3) is 1.00. The molecule has 0 heterocycles. The molecular weight excluding hydrogens is 167 g/mol. The van der Waals surface area contributed by atoms with Crippen LogP contribution in [0, 0.1) is 0 Å². The second kappa shape index (κ2) is 5.21. The van der Waals surface area contributed by atoms with Gasteiger partial charge < -0.3 is 4.57 Å². The van der Waals surface area contributed by atoms with E-state index >= 15 is 0 Å². The van der Waals surface area contributed by atoms with E-state index in [2.05, 4.69) is 6.92 Å². The van der Waals surface area contributed by atoms with Crippen LogP contribution in [0.2, 0.25) is 0 Å². The van der Waals surface area contributed by atoms with E-state index in [9.17, 15) is 4.57 Å². The molecule has 1 unspecified atom stereocenters. The third kappa shape index (κ3) is 5.32. The number of unbranched alkanes of at least 4 members (excludes halogenated alkanes) is 1. The van der Waals surface area contributed by atoms with Gasteiger partial charge in [0.05, 0.1) is 0 Å². The second-order valence-electron chi connectivity index (χ2n) is 2.59. The molecule has 1 nitrogen and oxygen atoms in total. The fourth-order valence-corrected chi connectivity index (χ4v) is 3.39. The quantitative estimate of drug-likeness (QED) is 0.593.